The first kappa shape index (κ1) is 22.6. The minimum Gasteiger partial charge on any atom is -0.336 e. The number of thiazole rings is 1. The molecule has 1 amide bonds. The molecule has 2 aliphatic rings. The lowest BCUT2D eigenvalue weighted by Crippen LogP contribution is -2.61. The summed E-state index contributed by atoms with van der Waals surface area (Å²) in [5, 5.41) is 2.35. The third-order valence-corrected chi connectivity index (χ3v) is 7.28. The van der Waals surface area contributed by atoms with Gasteiger partial charge in [-0.3, -0.25) is 14.5 Å². The second-order valence-electron chi connectivity index (χ2n) is 9.60. The molecular formula is C25H22F3N3O2S. The molecule has 0 fully saturated rings. The molecule has 1 atom stereocenters. The molecule has 1 aromatic heterocycles. The van der Waals surface area contributed by atoms with Crippen molar-refractivity contribution in [2.45, 2.75) is 45.3 Å². The minimum absolute atomic E-state index is 0.0675. The van der Waals surface area contributed by atoms with Gasteiger partial charge in [0, 0.05) is 17.8 Å². The van der Waals surface area contributed by atoms with Gasteiger partial charge >= 0.3 is 6.18 Å². The van der Waals surface area contributed by atoms with Gasteiger partial charge in [0.1, 0.15) is 0 Å². The third-order valence-electron chi connectivity index (χ3n) is 6.33. The number of rotatable bonds is 3. The molecule has 176 valence electrons. The number of alkyl halides is 3. The summed E-state index contributed by atoms with van der Waals surface area (Å²) in [4.78, 5) is 32.5. The highest BCUT2D eigenvalue weighted by atomic mass is 32.1. The minimum atomic E-state index is -5.08. The third kappa shape index (κ3) is 3.33. The zero-order chi connectivity index (χ0) is 24.5. The molecule has 0 radical (unpaired) electrons. The monoisotopic (exact) mass is 485 g/mol. The number of carbonyl (C=O) groups is 2. The summed E-state index contributed by atoms with van der Waals surface area (Å²) in [6.45, 7) is 5.49. The highest BCUT2D eigenvalue weighted by Crippen LogP contribution is 2.54. The van der Waals surface area contributed by atoms with Gasteiger partial charge in [-0.1, -0.05) is 55.0 Å². The molecule has 1 unspecified atom stereocenters. The van der Waals surface area contributed by atoms with Crippen LogP contribution in [0.4, 0.5) is 24.0 Å². The van der Waals surface area contributed by atoms with Gasteiger partial charge in [0.05, 0.1) is 15.8 Å². The number of carbonyl (C=O) groups excluding carboxylic acids is 2. The second kappa shape index (κ2) is 7.40. The summed E-state index contributed by atoms with van der Waals surface area (Å²) in [6.07, 6.45) is -5.01. The van der Waals surface area contributed by atoms with Crippen LogP contribution in [0, 0.1) is 12.3 Å². The van der Waals surface area contributed by atoms with Gasteiger partial charge in [-0.15, -0.1) is 0 Å². The molecule has 2 heterocycles. The molecule has 5 rings (SSSR count). The van der Waals surface area contributed by atoms with Crippen LogP contribution in [0.2, 0.25) is 0 Å². The summed E-state index contributed by atoms with van der Waals surface area (Å²) >= 11 is 1.01. The van der Waals surface area contributed by atoms with Gasteiger partial charge in [0.15, 0.2) is 10.9 Å². The van der Waals surface area contributed by atoms with Gasteiger partial charge in [-0.2, -0.15) is 13.2 Å². The average Bonchev–Trinajstić information content (AvgIpc) is 3.24. The topological polar surface area (TPSA) is 62.3 Å². The molecule has 1 aliphatic carbocycles. The lowest BCUT2D eigenvalue weighted by Gasteiger charge is -2.35. The summed E-state index contributed by atoms with van der Waals surface area (Å²) < 4.78 is 45.6. The van der Waals surface area contributed by atoms with E-state index in [1.165, 1.54) is 0 Å². The number of halogens is 3. The number of fused-ring (bicyclic) bond motifs is 1. The zero-order valence-corrected chi connectivity index (χ0v) is 19.6. The van der Waals surface area contributed by atoms with Crippen LogP contribution < -0.4 is 10.2 Å². The average molecular weight is 486 g/mol. The molecule has 3 aromatic rings. The number of anilines is 2. The fourth-order valence-electron chi connectivity index (χ4n) is 4.80. The number of para-hydroxylation sites is 1. The quantitative estimate of drug-likeness (QED) is 0.494. The van der Waals surface area contributed by atoms with Gasteiger partial charge in [-0.05, 0) is 43.0 Å². The number of amides is 1. The zero-order valence-electron chi connectivity index (χ0n) is 18.8. The predicted molar refractivity (Wildman–Crippen MR) is 126 cm³/mol. The Bertz CT molecular complexity index is 1320. The fourth-order valence-corrected chi connectivity index (χ4v) is 5.73. The van der Waals surface area contributed by atoms with E-state index in [0.717, 1.165) is 21.8 Å². The Morgan fingerprint density at radius 2 is 1.71 bits per heavy atom. The SMILES string of the molecule is Cc1ccc(N2C(=O)C(Nc3nc4ccccc4s3)(C(F)(F)F)C3=C2CC(C)(C)CC3=O)cc1. The van der Waals surface area contributed by atoms with Crippen LogP contribution in [0.1, 0.15) is 32.3 Å². The number of hydrogen-bond acceptors (Lipinski definition) is 5. The summed E-state index contributed by atoms with van der Waals surface area (Å²) in [5.41, 5.74) is -2.51. The molecule has 34 heavy (non-hydrogen) atoms. The van der Waals surface area contributed by atoms with Crippen molar-refractivity contribution in [2.75, 3.05) is 10.2 Å². The number of aromatic nitrogens is 1. The first-order chi connectivity index (χ1) is 15.9. The maximum Gasteiger partial charge on any atom is 0.425 e. The number of aryl methyl sites for hydroxylation is 1. The maximum atomic E-state index is 15.0. The standard InChI is InChI=1S/C25H22F3N3O2S/c1-14-8-10-15(11-9-14)31-17-12-23(2,3)13-18(32)20(17)24(21(31)33,25(26,27)28)30-22-29-16-6-4-5-7-19(16)34-22/h4-11H,12-13H2,1-3H3,(H,29,30). The molecule has 9 heteroatoms. The van der Waals surface area contributed by atoms with Crippen LogP contribution in [0.15, 0.2) is 59.8 Å². The van der Waals surface area contributed by atoms with E-state index in [1.54, 1.807) is 48.5 Å². The molecular weight excluding hydrogens is 463 g/mol. The van der Waals surface area contributed by atoms with Crippen LogP contribution in [0.25, 0.3) is 10.2 Å². The first-order valence-corrected chi connectivity index (χ1v) is 11.6. The van der Waals surface area contributed by atoms with Gasteiger partial charge in [0.2, 0.25) is 5.54 Å². The Morgan fingerprint density at radius 1 is 1.03 bits per heavy atom. The lowest BCUT2D eigenvalue weighted by atomic mass is 9.72. The van der Waals surface area contributed by atoms with E-state index in [2.05, 4.69) is 10.3 Å². The maximum absolute atomic E-state index is 15.0. The second-order valence-corrected chi connectivity index (χ2v) is 10.6. The Kier molecular flexibility index (Phi) is 4.91. The van der Waals surface area contributed by atoms with E-state index in [0.29, 0.717) is 15.9 Å². The fraction of sp³-hybridized carbons (Fsp3) is 0.320. The van der Waals surface area contributed by atoms with Crippen molar-refractivity contribution in [1.82, 2.24) is 4.98 Å². The largest absolute Gasteiger partial charge is 0.425 e. The normalized spacial score (nSPS) is 22.5. The molecule has 0 saturated carbocycles. The van der Waals surface area contributed by atoms with Gasteiger partial charge in [0.25, 0.3) is 5.91 Å². The smallest absolute Gasteiger partial charge is 0.336 e. The van der Waals surface area contributed by atoms with Crippen LogP contribution >= 0.6 is 11.3 Å². The predicted octanol–water partition coefficient (Wildman–Crippen LogP) is 6.01. The summed E-state index contributed by atoms with van der Waals surface area (Å²) in [5.74, 6) is -1.92. The van der Waals surface area contributed by atoms with Crippen molar-refractivity contribution in [3.05, 3.63) is 65.4 Å². The highest BCUT2D eigenvalue weighted by molar-refractivity contribution is 7.22. The molecule has 5 nitrogen and oxygen atoms in total. The van der Waals surface area contributed by atoms with Crippen LogP contribution in [0.3, 0.4) is 0 Å². The first-order valence-electron chi connectivity index (χ1n) is 10.8. The van der Waals surface area contributed by atoms with Crippen molar-refractivity contribution < 1.29 is 22.8 Å². The number of Topliss-reactive ketones (excluding diaryl/α,β-unsaturated/α-hetero) is 1. The Labute approximate surface area is 198 Å². The summed E-state index contributed by atoms with van der Waals surface area (Å²) in [7, 11) is 0. The van der Waals surface area contributed by atoms with E-state index in [-0.39, 0.29) is 23.7 Å². The Morgan fingerprint density at radius 3 is 2.35 bits per heavy atom. The van der Waals surface area contributed by atoms with Crippen LogP contribution in [0.5, 0.6) is 0 Å². The Hall–Kier alpha value is -3.20. The number of allylic oxidation sites excluding steroid dienone is 1. The molecule has 1 aliphatic heterocycles. The number of benzene rings is 2. The van der Waals surface area contributed by atoms with Crippen molar-refractivity contribution >= 4 is 44.1 Å². The number of nitrogens with zero attached hydrogens (tertiary/aromatic N) is 2. The number of ketones is 1. The van der Waals surface area contributed by atoms with Crippen molar-refractivity contribution in [1.29, 1.82) is 0 Å². The van der Waals surface area contributed by atoms with Gasteiger partial charge < -0.3 is 5.32 Å². The molecule has 0 spiro atoms. The van der Waals surface area contributed by atoms with Crippen LogP contribution in [-0.4, -0.2) is 28.4 Å². The number of nitrogens with one attached hydrogen (secondary N) is 1. The van der Waals surface area contributed by atoms with Crippen molar-refractivity contribution in [3.63, 3.8) is 0 Å². The van der Waals surface area contributed by atoms with Crippen molar-refractivity contribution in [2.24, 2.45) is 5.41 Å². The molecule has 0 bridgehead atoms. The molecule has 0 saturated heterocycles. The Balaban J connectivity index is 1.74. The van der Waals surface area contributed by atoms with E-state index in [1.807, 2.05) is 20.8 Å². The van der Waals surface area contributed by atoms with Crippen LogP contribution in [-0.2, 0) is 9.59 Å². The molecule has 2 aromatic carbocycles. The summed E-state index contributed by atoms with van der Waals surface area (Å²) in [6, 6.07) is 13.6. The van der Waals surface area contributed by atoms with E-state index in [4.69, 9.17) is 0 Å². The van der Waals surface area contributed by atoms with E-state index in [9.17, 15) is 22.8 Å². The lowest BCUT2D eigenvalue weighted by molar-refractivity contribution is -0.175. The number of hydrogen-bond donors (Lipinski definition) is 1. The van der Waals surface area contributed by atoms with Crippen molar-refractivity contribution in [3.8, 4) is 0 Å². The highest BCUT2D eigenvalue weighted by Gasteiger charge is 2.71. The molecule has 1 N–H and O–H groups in total. The van der Waals surface area contributed by atoms with Gasteiger partial charge in [-0.25, -0.2) is 4.98 Å². The van der Waals surface area contributed by atoms with E-state index < -0.39 is 34.4 Å². The van der Waals surface area contributed by atoms with E-state index >= 15 is 0 Å².